The molecule has 2 rings (SSSR count). The molecule has 0 aliphatic carbocycles. The average Bonchev–Trinajstić information content (AvgIpc) is 2.32. The maximum absolute atomic E-state index is 12.1. The fourth-order valence-corrected chi connectivity index (χ4v) is 2.10. The molecular formula is C13H16ClNO2. The van der Waals surface area contributed by atoms with E-state index in [9.17, 15) is 4.79 Å². The minimum absolute atomic E-state index is 0.156. The van der Waals surface area contributed by atoms with Gasteiger partial charge in [-0.05, 0) is 24.6 Å². The molecule has 1 amide bonds. The zero-order valence-corrected chi connectivity index (χ0v) is 10.6. The summed E-state index contributed by atoms with van der Waals surface area (Å²) in [6.07, 6.45) is 0.432. The molecular weight excluding hydrogens is 238 g/mol. The second-order valence-electron chi connectivity index (χ2n) is 4.31. The number of carbonyl (C=O) groups is 1. The molecule has 3 nitrogen and oxygen atoms in total. The summed E-state index contributed by atoms with van der Waals surface area (Å²) in [7, 11) is 0. The Labute approximate surface area is 106 Å². The second kappa shape index (κ2) is 5.52. The van der Waals surface area contributed by atoms with E-state index in [1.54, 1.807) is 0 Å². The third-order valence-corrected chi connectivity index (χ3v) is 3.21. The van der Waals surface area contributed by atoms with Crippen molar-refractivity contribution >= 4 is 17.5 Å². The summed E-state index contributed by atoms with van der Waals surface area (Å²) in [4.78, 5) is 14.0. The number of carbonyl (C=O) groups excluding carboxylic acids is 1. The van der Waals surface area contributed by atoms with Crippen molar-refractivity contribution in [2.24, 2.45) is 0 Å². The largest absolute Gasteiger partial charge is 0.377 e. The molecule has 0 aromatic heterocycles. The summed E-state index contributed by atoms with van der Waals surface area (Å²) in [6.45, 7) is 3.97. The van der Waals surface area contributed by atoms with Gasteiger partial charge >= 0.3 is 0 Å². The molecule has 0 spiro atoms. The number of morpholine rings is 1. The van der Waals surface area contributed by atoms with Gasteiger partial charge in [0.25, 0.3) is 0 Å². The van der Waals surface area contributed by atoms with Gasteiger partial charge in [-0.3, -0.25) is 4.79 Å². The molecule has 1 aliphatic rings. The summed E-state index contributed by atoms with van der Waals surface area (Å²) in [6, 6.07) is 7.58. The first-order chi connectivity index (χ1) is 8.16. The zero-order valence-electron chi connectivity index (χ0n) is 9.86. The lowest BCUT2D eigenvalue weighted by Crippen LogP contribution is -2.47. The number of benzene rings is 1. The number of rotatable bonds is 2. The molecule has 1 atom stereocenters. The quantitative estimate of drug-likeness (QED) is 0.808. The van der Waals surface area contributed by atoms with E-state index in [0.29, 0.717) is 31.2 Å². The first-order valence-corrected chi connectivity index (χ1v) is 6.16. The molecule has 1 heterocycles. The highest BCUT2D eigenvalue weighted by Gasteiger charge is 2.23. The van der Waals surface area contributed by atoms with Crippen LogP contribution in [0.5, 0.6) is 0 Å². The molecule has 0 unspecified atom stereocenters. The third kappa shape index (κ3) is 3.20. The van der Waals surface area contributed by atoms with Gasteiger partial charge in [0.15, 0.2) is 0 Å². The molecule has 17 heavy (non-hydrogen) atoms. The highest BCUT2D eigenvalue weighted by atomic mass is 35.5. The van der Waals surface area contributed by atoms with Crippen molar-refractivity contribution in [3.63, 3.8) is 0 Å². The van der Waals surface area contributed by atoms with Gasteiger partial charge in [-0.25, -0.2) is 0 Å². The molecule has 0 N–H and O–H groups in total. The van der Waals surface area contributed by atoms with Crippen LogP contribution in [0.15, 0.2) is 24.3 Å². The number of nitrogens with zero attached hydrogens (tertiary/aromatic N) is 1. The molecule has 1 aliphatic heterocycles. The zero-order chi connectivity index (χ0) is 12.3. The Bertz CT molecular complexity index is 391. The molecule has 92 valence electrons. The van der Waals surface area contributed by atoms with Gasteiger partial charge in [-0.15, -0.1) is 0 Å². The van der Waals surface area contributed by atoms with E-state index in [4.69, 9.17) is 16.3 Å². The standard InChI is InChI=1S/C13H16ClNO2/c1-10-9-17-7-6-15(10)13(16)8-11-2-4-12(14)5-3-11/h2-5,10H,6-9H2,1H3/t10-/m1/s1. The van der Waals surface area contributed by atoms with E-state index < -0.39 is 0 Å². The van der Waals surface area contributed by atoms with Crippen LogP contribution < -0.4 is 0 Å². The maximum Gasteiger partial charge on any atom is 0.227 e. The van der Waals surface area contributed by atoms with Gasteiger partial charge in [-0.2, -0.15) is 0 Å². The first-order valence-electron chi connectivity index (χ1n) is 5.78. The molecule has 1 aromatic rings. The van der Waals surface area contributed by atoms with Crippen LogP contribution in [-0.2, 0) is 16.0 Å². The lowest BCUT2D eigenvalue weighted by Gasteiger charge is -2.33. The molecule has 1 aromatic carbocycles. The normalized spacial score (nSPS) is 20.4. The van der Waals surface area contributed by atoms with Crippen molar-refractivity contribution in [1.29, 1.82) is 0 Å². The van der Waals surface area contributed by atoms with Gasteiger partial charge in [-0.1, -0.05) is 23.7 Å². The lowest BCUT2D eigenvalue weighted by molar-refractivity contribution is -0.138. The Morgan fingerprint density at radius 3 is 2.82 bits per heavy atom. The van der Waals surface area contributed by atoms with Crippen LogP contribution in [0, 0.1) is 0 Å². The fraction of sp³-hybridized carbons (Fsp3) is 0.462. The van der Waals surface area contributed by atoms with Crippen LogP contribution >= 0.6 is 11.6 Å². The van der Waals surface area contributed by atoms with E-state index >= 15 is 0 Å². The van der Waals surface area contributed by atoms with Crippen molar-refractivity contribution in [2.75, 3.05) is 19.8 Å². The summed E-state index contributed by atoms with van der Waals surface area (Å²) >= 11 is 5.81. The SMILES string of the molecule is C[C@@H]1COCCN1C(=O)Cc1ccc(Cl)cc1. The fourth-order valence-electron chi connectivity index (χ4n) is 1.98. The van der Waals surface area contributed by atoms with E-state index in [0.717, 1.165) is 5.56 Å². The second-order valence-corrected chi connectivity index (χ2v) is 4.75. The minimum atomic E-state index is 0.156. The van der Waals surface area contributed by atoms with Crippen LogP contribution in [0.1, 0.15) is 12.5 Å². The molecule has 0 radical (unpaired) electrons. The number of hydrogen-bond acceptors (Lipinski definition) is 2. The highest BCUT2D eigenvalue weighted by Crippen LogP contribution is 2.13. The number of ether oxygens (including phenoxy) is 1. The van der Waals surface area contributed by atoms with Crippen molar-refractivity contribution in [3.8, 4) is 0 Å². The Balaban J connectivity index is 1.98. The van der Waals surface area contributed by atoms with Crippen molar-refractivity contribution in [1.82, 2.24) is 4.90 Å². The molecule has 4 heteroatoms. The van der Waals surface area contributed by atoms with E-state index in [2.05, 4.69) is 0 Å². The van der Waals surface area contributed by atoms with Crippen molar-refractivity contribution < 1.29 is 9.53 Å². The lowest BCUT2D eigenvalue weighted by atomic mass is 10.1. The van der Waals surface area contributed by atoms with Gasteiger partial charge in [0.05, 0.1) is 25.7 Å². The maximum atomic E-state index is 12.1. The molecule has 1 fully saturated rings. The summed E-state index contributed by atoms with van der Waals surface area (Å²) in [5.74, 6) is 0.156. The van der Waals surface area contributed by atoms with E-state index in [1.165, 1.54) is 0 Å². The smallest absolute Gasteiger partial charge is 0.227 e. The summed E-state index contributed by atoms with van der Waals surface area (Å²) < 4.78 is 5.32. The van der Waals surface area contributed by atoms with Crippen LogP contribution in [0.4, 0.5) is 0 Å². The highest BCUT2D eigenvalue weighted by molar-refractivity contribution is 6.30. The van der Waals surface area contributed by atoms with E-state index in [-0.39, 0.29) is 11.9 Å². The van der Waals surface area contributed by atoms with Crippen LogP contribution in [0.2, 0.25) is 5.02 Å². The Morgan fingerprint density at radius 1 is 1.47 bits per heavy atom. The van der Waals surface area contributed by atoms with Gasteiger partial charge in [0.1, 0.15) is 0 Å². The Morgan fingerprint density at radius 2 is 2.18 bits per heavy atom. The summed E-state index contributed by atoms with van der Waals surface area (Å²) in [5, 5.41) is 0.695. The predicted molar refractivity (Wildman–Crippen MR) is 67.2 cm³/mol. The van der Waals surface area contributed by atoms with Gasteiger partial charge in [0.2, 0.25) is 5.91 Å². The Kier molecular flexibility index (Phi) is 4.02. The first kappa shape index (κ1) is 12.4. The molecule has 0 saturated carbocycles. The van der Waals surface area contributed by atoms with Gasteiger partial charge in [0, 0.05) is 11.6 Å². The third-order valence-electron chi connectivity index (χ3n) is 2.96. The van der Waals surface area contributed by atoms with Crippen molar-refractivity contribution in [2.45, 2.75) is 19.4 Å². The number of amides is 1. The molecule has 1 saturated heterocycles. The molecule has 0 bridgehead atoms. The minimum Gasteiger partial charge on any atom is -0.377 e. The number of halogens is 1. The van der Waals surface area contributed by atoms with Crippen LogP contribution in [0.3, 0.4) is 0 Å². The van der Waals surface area contributed by atoms with E-state index in [1.807, 2.05) is 36.1 Å². The Hall–Kier alpha value is -1.06. The van der Waals surface area contributed by atoms with Crippen molar-refractivity contribution in [3.05, 3.63) is 34.9 Å². The summed E-state index contributed by atoms with van der Waals surface area (Å²) in [5.41, 5.74) is 0.998. The van der Waals surface area contributed by atoms with Crippen LogP contribution in [-0.4, -0.2) is 36.6 Å². The predicted octanol–water partition coefficient (Wildman–Crippen LogP) is 2.13. The van der Waals surface area contributed by atoms with Crippen LogP contribution in [0.25, 0.3) is 0 Å². The number of hydrogen-bond donors (Lipinski definition) is 0. The van der Waals surface area contributed by atoms with Gasteiger partial charge < -0.3 is 9.64 Å². The average molecular weight is 254 g/mol. The monoisotopic (exact) mass is 253 g/mol. The topological polar surface area (TPSA) is 29.5 Å².